The molecule has 0 saturated heterocycles. The molecule has 1 aromatic rings. The summed E-state index contributed by atoms with van der Waals surface area (Å²) in [5.41, 5.74) is 6.41. The van der Waals surface area contributed by atoms with Crippen LogP contribution in [0.15, 0.2) is 18.8 Å². The summed E-state index contributed by atoms with van der Waals surface area (Å²) in [5, 5.41) is 8.01. The Morgan fingerprint density at radius 2 is 2.12 bits per heavy atom. The number of hydrogen-bond donors (Lipinski definition) is 2. The second-order valence-corrected chi connectivity index (χ2v) is 4.90. The third-order valence-electron chi connectivity index (χ3n) is 2.68. The van der Waals surface area contributed by atoms with Gasteiger partial charge in [0.25, 0.3) is 0 Å². The number of halogens is 1. The van der Waals surface area contributed by atoms with E-state index in [-0.39, 0.29) is 11.5 Å². The minimum atomic E-state index is -1.46. The van der Waals surface area contributed by atoms with Crippen molar-refractivity contribution in [2.45, 2.75) is 39.4 Å². The van der Waals surface area contributed by atoms with Gasteiger partial charge in [0.05, 0.1) is 0 Å². The highest BCUT2D eigenvalue weighted by molar-refractivity contribution is 5.41. The first-order valence-electron chi connectivity index (χ1n) is 5.56. The molecule has 1 heterocycles. The third-order valence-corrected chi connectivity index (χ3v) is 2.68. The summed E-state index contributed by atoms with van der Waals surface area (Å²) in [4.78, 5) is 0. The van der Waals surface area contributed by atoms with Crippen LogP contribution >= 0.6 is 0 Å². The van der Waals surface area contributed by atoms with Gasteiger partial charge in [0, 0.05) is 29.1 Å². The topological polar surface area (TPSA) is 54.8 Å². The van der Waals surface area contributed by atoms with Gasteiger partial charge in [0.2, 0.25) is 0 Å². The van der Waals surface area contributed by atoms with Gasteiger partial charge in [-0.25, -0.2) is 4.39 Å². The van der Waals surface area contributed by atoms with Crippen molar-refractivity contribution in [3.05, 3.63) is 35.5 Å². The molecule has 1 unspecified atom stereocenters. The monoisotopic (exact) mass is 237 g/mol. The van der Waals surface area contributed by atoms with Crippen molar-refractivity contribution in [1.82, 2.24) is 4.57 Å². The number of nitrogens with two attached hydrogens (primary N) is 1. The first kappa shape index (κ1) is 13.6. The highest BCUT2D eigenvalue weighted by Gasteiger charge is 2.21. The molecule has 1 aromatic heterocycles. The molecule has 1 atom stereocenters. The van der Waals surface area contributed by atoms with Crippen LogP contribution in [0.1, 0.15) is 44.9 Å². The molecule has 0 fully saturated rings. The molecule has 0 saturated carbocycles. The summed E-state index contributed by atoms with van der Waals surface area (Å²) in [5.74, 6) is 0. The molecule has 94 valence electrons. The lowest BCUT2D eigenvalue weighted by Gasteiger charge is -2.20. The predicted molar refractivity (Wildman–Crippen MR) is 68.0 cm³/mol. The van der Waals surface area contributed by atoms with E-state index in [1.54, 1.807) is 30.7 Å². The van der Waals surface area contributed by atoms with E-state index in [0.29, 0.717) is 16.8 Å². The van der Waals surface area contributed by atoms with Gasteiger partial charge in [-0.2, -0.15) is 0 Å². The molecular weight excluding hydrogens is 217 g/mol. The Hall–Kier alpha value is -1.42. The minimum Gasteiger partial charge on any atom is -0.324 e. The van der Waals surface area contributed by atoms with E-state index >= 15 is 0 Å². The maximum absolute atomic E-state index is 14.0. The normalized spacial score (nSPS) is 13.5. The van der Waals surface area contributed by atoms with Gasteiger partial charge >= 0.3 is 0 Å². The van der Waals surface area contributed by atoms with Crippen molar-refractivity contribution in [3.8, 4) is 0 Å². The largest absolute Gasteiger partial charge is 0.324 e. The lowest BCUT2D eigenvalue weighted by molar-refractivity contribution is 0.220. The maximum Gasteiger partial charge on any atom is 0.133 e. The smallest absolute Gasteiger partial charge is 0.133 e. The Bertz CT molecular complexity index is 492. The Labute approximate surface area is 101 Å². The van der Waals surface area contributed by atoms with Gasteiger partial charge in [0.15, 0.2) is 0 Å². The Balaban J connectivity index is 3.60. The van der Waals surface area contributed by atoms with E-state index in [1.807, 2.05) is 0 Å². The lowest BCUT2D eigenvalue weighted by atomic mass is 9.98. The van der Waals surface area contributed by atoms with Crippen molar-refractivity contribution < 1.29 is 4.39 Å². The van der Waals surface area contributed by atoms with Crippen LogP contribution in [0.2, 0.25) is 0 Å². The van der Waals surface area contributed by atoms with Gasteiger partial charge in [-0.1, -0.05) is 6.58 Å². The van der Waals surface area contributed by atoms with Crippen LogP contribution in [0.25, 0.3) is 5.70 Å². The molecule has 3 N–H and O–H groups in total. The number of alkyl halides is 1. The van der Waals surface area contributed by atoms with Gasteiger partial charge in [0.1, 0.15) is 11.2 Å². The molecule has 0 radical (unpaired) electrons. The highest BCUT2D eigenvalue weighted by Crippen LogP contribution is 2.25. The predicted octanol–water partition coefficient (Wildman–Crippen LogP) is 2.68. The number of nitrogens with zero attached hydrogens (tertiary/aromatic N) is 1. The molecule has 3 nitrogen and oxygen atoms in total. The summed E-state index contributed by atoms with van der Waals surface area (Å²) >= 11 is 0. The number of nitrogens with one attached hydrogen (secondary N) is 1. The maximum atomic E-state index is 14.0. The number of pyridine rings is 1. The molecular formula is C13H20FN3. The van der Waals surface area contributed by atoms with Crippen molar-refractivity contribution in [1.29, 1.82) is 5.41 Å². The van der Waals surface area contributed by atoms with E-state index in [0.717, 1.165) is 0 Å². The quantitative estimate of drug-likeness (QED) is 0.834. The summed E-state index contributed by atoms with van der Waals surface area (Å²) in [7, 11) is 0. The zero-order chi connectivity index (χ0) is 13.4. The third kappa shape index (κ3) is 2.82. The average Bonchev–Trinajstić information content (AvgIpc) is 2.14. The molecule has 0 aliphatic heterocycles. The van der Waals surface area contributed by atoms with Crippen molar-refractivity contribution >= 4 is 5.70 Å². The van der Waals surface area contributed by atoms with Crippen LogP contribution in [0.4, 0.5) is 4.39 Å². The molecule has 1 rings (SSSR count). The van der Waals surface area contributed by atoms with E-state index in [9.17, 15) is 4.39 Å². The molecule has 0 spiro atoms. The molecule has 0 aliphatic carbocycles. The standard InChI is InChI=1S/C13H20FN3/c1-8(2)17-7-10(13(4,5)14)6-11(9(3)15)12(17)16/h6-7,9,16H,1,15H2,2-5H3. The van der Waals surface area contributed by atoms with Crippen LogP contribution in [0, 0.1) is 5.41 Å². The van der Waals surface area contributed by atoms with Gasteiger partial charge < -0.3 is 10.3 Å². The van der Waals surface area contributed by atoms with Gasteiger partial charge in [-0.3, -0.25) is 5.41 Å². The lowest BCUT2D eigenvalue weighted by Crippen LogP contribution is -2.28. The van der Waals surface area contributed by atoms with Gasteiger partial charge in [-0.05, 0) is 33.8 Å². The summed E-state index contributed by atoms with van der Waals surface area (Å²) in [6, 6.07) is 1.35. The van der Waals surface area contributed by atoms with Crippen LogP contribution in [-0.2, 0) is 5.67 Å². The fourth-order valence-corrected chi connectivity index (χ4v) is 1.59. The number of aromatic nitrogens is 1. The first-order chi connectivity index (χ1) is 7.64. The first-order valence-corrected chi connectivity index (χ1v) is 5.56. The zero-order valence-corrected chi connectivity index (χ0v) is 10.8. The molecule has 17 heavy (non-hydrogen) atoms. The Kier molecular flexibility index (Phi) is 3.57. The van der Waals surface area contributed by atoms with Crippen LogP contribution in [0.3, 0.4) is 0 Å². The van der Waals surface area contributed by atoms with E-state index in [4.69, 9.17) is 11.1 Å². The van der Waals surface area contributed by atoms with Crippen LogP contribution in [0.5, 0.6) is 0 Å². The number of hydrogen-bond acceptors (Lipinski definition) is 2. The van der Waals surface area contributed by atoms with Crippen LogP contribution in [-0.4, -0.2) is 4.57 Å². The number of allylic oxidation sites excluding steroid dienone is 1. The second kappa shape index (κ2) is 4.45. The highest BCUT2D eigenvalue weighted by atomic mass is 19.1. The van der Waals surface area contributed by atoms with Crippen molar-refractivity contribution in [2.24, 2.45) is 5.73 Å². The fourth-order valence-electron chi connectivity index (χ4n) is 1.59. The van der Waals surface area contributed by atoms with Crippen molar-refractivity contribution in [2.75, 3.05) is 0 Å². The Morgan fingerprint density at radius 1 is 1.59 bits per heavy atom. The van der Waals surface area contributed by atoms with E-state index < -0.39 is 5.67 Å². The molecule has 4 heteroatoms. The van der Waals surface area contributed by atoms with Crippen LogP contribution < -0.4 is 11.2 Å². The SMILES string of the molecule is C=C(C)n1cc(C(C)(C)F)cc(C(C)N)c1=N. The molecule has 0 amide bonds. The molecule has 0 bridgehead atoms. The summed E-state index contributed by atoms with van der Waals surface area (Å²) < 4.78 is 15.6. The summed E-state index contributed by atoms with van der Waals surface area (Å²) in [6.45, 7) is 10.3. The summed E-state index contributed by atoms with van der Waals surface area (Å²) in [6.07, 6.45) is 1.61. The number of rotatable bonds is 3. The van der Waals surface area contributed by atoms with Crippen molar-refractivity contribution in [3.63, 3.8) is 0 Å². The molecule has 0 aromatic carbocycles. The minimum absolute atomic E-state index is 0.264. The Morgan fingerprint density at radius 3 is 2.47 bits per heavy atom. The van der Waals surface area contributed by atoms with Gasteiger partial charge in [-0.15, -0.1) is 0 Å². The zero-order valence-electron chi connectivity index (χ0n) is 10.8. The second-order valence-electron chi connectivity index (χ2n) is 4.90. The average molecular weight is 237 g/mol. The van der Waals surface area contributed by atoms with E-state index in [2.05, 4.69) is 6.58 Å². The molecule has 0 aliphatic rings. The van der Waals surface area contributed by atoms with E-state index in [1.165, 1.54) is 13.8 Å². The fraction of sp³-hybridized carbons (Fsp3) is 0.462.